The Kier molecular flexibility index (Phi) is 6.15. The predicted molar refractivity (Wildman–Crippen MR) is 76.4 cm³/mol. The summed E-state index contributed by atoms with van der Waals surface area (Å²) in [6.07, 6.45) is 1.06. The van der Waals surface area contributed by atoms with E-state index in [9.17, 15) is 9.59 Å². The number of nitrogens with one attached hydrogen (secondary N) is 2. The van der Waals surface area contributed by atoms with Gasteiger partial charge in [0.15, 0.2) is 0 Å². The molecule has 2 amide bonds. The molecule has 0 aromatic heterocycles. The van der Waals surface area contributed by atoms with Gasteiger partial charge in [0, 0.05) is 30.2 Å². The molecule has 1 aromatic rings. The Morgan fingerprint density at radius 2 is 2.05 bits per heavy atom. The van der Waals surface area contributed by atoms with Crippen LogP contribution in [0.25, 0.3) is 0 Å². The fourth-order valence-corrected chi connectivity index (χ4v) is 1.68. The number of carbonyl (C=O) groups is 2. The van der Waals surface area contributed by atoms with Crippen LogP contribution in [0.2, 0.25) is 5.02 Å². The second-order valence-electron chi connectivity index (χ2n) is 4.09. The van der Waals surface area contributed by atoms with Gasteiger partial charge in [-0.05, 0) is 24.6 Å². The van der Waals surface area contributed by atoms with Crippen LogP contribution in [0.1, 0.15) is 30.1 Å². The lowest BCUT2D eigenvalue weighted by molar-refractivity contribution is -0.117. The molecule has 1 aromatic carbocycles. The van der Waals surface area contributed by atoms with Crippen molar-refractivity contribution in [2.75, 3.05) is 18.4 Å². The van der Waals surface area contributed by atoms with Crippen LogP contribution in [0.3, 0.4) is 0 Å². The summed E-state index contributed by atoms with van der Waals surface area (Å²) in [6.45, 7) is 3.02. The molecule has 0 aliphatic heterocycles. The van der Waals surface area contributed by atoms with Crippen LogP contribution < -0.4 is 16.4 Å². The third kappa shape index (κ3) is 5.18. The van der Waals surface area contributed by atoms with Crippen molar-refractivity contribution in [1.29, 1.82) is 0 Å². The molecule has 0 fully saturated rings. The number of benzene rings is 1. The summed E-state index contributed by atoms with van der Waals surface area (Å²) >= 11 is 5.90. The Balaban J connectivity index is 2.75. The van der Waals surface area contributed by atoms with Gasteiger partial charge in [0.2, 0.25) is 5.91 Å². The molecule has 6 heteroatoms. The highest BCUT2D eigenvalue weighted by Crippen LogP contribution is 2.20. The summed E-state index contributed by atoms with van der Waals surface area (Å²) in [6, 6.07) is 5.08. The minimum Gasteiger partial charge on any atom is -0.384 e. The summed E-state index contributed by atoms with van der Waals surface area (Å²) < 4.78 is 0. The lowest BCUT2D eigenvalue weighted by atomic mass is 10.1. The van der Waals surface area contributed by atoms with Gasteiger partial charge in [-0.15, -0.1) is 0 Å². The maximum absolute atomic E-state index is 12.0. The Hall–Kier alpha value is -1.75. The van der Waals surface area contributed by atoms with Gasteiger partial charge in [-0.1, -0.05) is 18.5 Å². The highest BCUT2D eigenvalue weighted by molar-refractivity contribution is 6.31. The maximum Gasteiger partial charge on any atom is 0.253 e. The van der Waals surface area contributed by atoms with E-state index in [2.05, 4.69) is 10.6 Å². The number of primary amides is 1. The number of amides is 2. The average molecular weight is 284 g/mol. The van der Waals surface area contributed by atoms with Crippen LogP contribution in [0, 0.1) is 0 Å². The molecule has 19 heavy (non-hydrogen) atoms. The minimum absolute atomic E-state index is 0.115. The van der Waals surface area contributed by atoms with Gasteiger partial charge in [0.05, 0.1) is 5.56 Å². The number of anilines is 1. The van der Waals surface area contributed by atoms with E-state index in [4.69, 9.17) is 17.3 Å². The first kappa shape index (κ1) is 15.3. The molecule has 0 saturated heterocycles. The monoisotopic (exact) mass is 283 g/mol. The van der Waals surface area contributed by atoms with E-state index in [1.165, 1.54) is 0 Å². The van der Waals surface area contributed by atoms with Crippen molar-refractivity contribution < 1.29 is 9.59 Å². The fourth-order valence-electron chi connectivity index (χ4n) is 1.51. The quantitative estimate of drug-likeness (QED) is 0.713. The molecule has 5 nitrogen and oxygen atoms in total. The molecular formula is C13H18ClN3O2. The van der Waals surface area contributed by atoms with Crippen LogP contribution in [-0.2, 0) is 4.79 Å². The summed E-state index contributed by atoms with van der Waals surface area (Å²) in [5.74, 6) is -0.724. The first-order valence-electron chi connectivity index (χ1n) is 6.14. The van der Waals surface area contributed by atoms with Gasteiger partial charge < -0.3 is 16.4 Å². The number of carbonyl (C=O) groups excluding carboxylic acids is 2. The van der Waals surface area contributed by atoms with Crippen LogP contribution >= 0.6 is 11.6 Å². The summed E-state index contributed by atoms with van der Waals surface area (Å²) in [4.78, 5) is 22.6. The van der Waals surface area contributed by atoms with E-state index >= 15 is 0 Å². The van der Waals surface area contributed by atoms with E-state index in [1.807, 2.05) is 6.92 Å². The number of hydrogen-bond donors (Lipinski definition) is 3. The third-order valence-corrected chi connectivity index (χ3v) is 2.68. The van der Waals surface area contributed by atoms with E-state index in [0.29, 0.717) is 10.6 Å². The van der Waals surface area contributed by atoms with E-state index in [0.717, 1.165) is 18.7 Å². The van der Waals surface area contributed by atoms with E-state index < -0.39 is 5.91 Å². The Bertz CT molecular complexity index is 463. The molecule has 0 bridgehead atoms. The van der Waals surface area contributed by atoms with E-state index in [1.54, 1.807) is 18.2 Å². The van der Waals surface area contributed by atoms with Crippen LogP contribution in [0.5, 0.6) is 0 Å². The Labute approximate surface area is 117 Å². The predicted octanol–water partition coefficient (Wildman–Crippen LogP) is 1.77. The van der Waals surface area contributed by atoms with Crippen LogP contribution in [-0.4, -0.2) is 24.9 Å². The summed E-state index contributed by atoms with van der Waals surface area (Å²) in [7, 11) is 0. The minimum atomic E-state index is -0.448. The van der Waals surface area contributed by atoms with Crippen molar-refractivity contribution >= 4 is 29.1 Å². The molecule has 0 radical (unpaired) electrons. The van der Waals surface area contributed by atoms with Gasteiger partial charge in [-0.3, -0.25) is 9.59 Å². The Morgan fingerprint density at radius 1 is 1.32 bits per heavy atom. The molecular weight excluding hydrogens is 266 g/mol. The van der Waals surface area contributed by atoms with Crippen molar-refractivity contribution in [3.63, 3.8) is 0 Å². The van der Waals surface area contributed by atoms with Crippen molar-refractivity contribution in [2.24, 2.45) is 5.73 Å². The zero-order chi connectivity index (χ0) is 14.3. The third-order valence-electron chi connectivity index (χ3n) is 2.45. The zero-order valence-electron chi connectivity index (χ0n) is 10.8. The fraction of sp³-hybridized carbons (Fsp3) is 0.385. The lowest BCUT2D eigenvalue weighted by Gasteiger charge is -2.12. The molecule has 4 N–H and O–H groups in total. The number of halogens is 1. The first-order chi connectivity index (χ1) is 9.04. The Morgan fingerprint density at radius 3 is 2.68 bits per heavy atom. The smallest absolute Gasteiger partial charge is 0.253 e. The molecule has 0 atom stereocenters. The molecule has 1 rings (SSSR count). The maximum atomic E-state index is 12.0. The highest BCUT2D eigenvalue weighted by Gasteiger charge is 2.11. The summed E-state index contributed by atoms with van der Waals surface area (Å²) in [5.41, 5.74) is 6.20. The van der Waals surface area contributed by atoms with Crippen molar-refractivity contribution in [2.45, 2.75) is 19.8 Å². The van der Waals surface area contributed by atoms with Crippen molar-refractivity contribution in [1.82, 2.24) is 5.32 Å². The second kappa shape index (κ2) is 7.63. The molecule has 0 aliphatic carbocycles. The summed E-state index contributed by atoms with van der Waals surface area (Å²) in [5, 5.41) is 6.28. The standard InChI is InChI=1S/C13H18ClN3O2/c1-2-6-16-11-4-3-9(14)8-10(11)13(19)17-7-5-12(15)18/h3-4,8,16H,2,5-7H2,1H3,(H2,15,18)(H,17,19). The molecule has 0 spiro atoms. The van der Waals surface area contributed by atoms with Gasteiger partial charge in [0.25, 0.3) is 5.91 Å². The van der Waals surface area contributed by atoms with Gasteiger partial charge in [-0.2, -0.15) is 0 Å². The average Bonchev–Trinajstić information content (AvgIpc) is 2.36. The highest BCUT2D eigenvalue weighted by atomic mass is 35.5. The van der Waals surface area contributed by atoms with Crippen LogP contribution in [0.15, 0.2) is 18.2 Å². The lowest BCUT2D eigenvalue weighted by Crippen LogP contribution is -2.28. The SMILES string of the molecule is CCCNc1ccc(Cl)cc1C(=O)NCCC(N)=O. The first-order valence-corrected chi connectivity index (χ1v) is 6.52. The number of nitrogens with two attached hydrogens (primary N) is 1. The van der Waals surface area contributed by atoms with Gasteiger partial charge in [-0.25, -0.2) is 0 Å². The number of rotatable bonds is 7. The molecule has 0 saturated carbocycles. The van der Waals surface area contributed by atoms with Crippen molar-refractivity contribution in [3.8, 4) is 0 Å². The molecule has 0 heterocycles. The van der Waals surface area contributed by atoms with Gasteiger partial charge in [0.1, 0.15) is 0 Å². The van der Waals surface area contributed by atoms with E-state index in [-0.39, 0.29) is 18.9 Å². The zero-order valence-corrected chi connectivity index (χ0v) is 11.6. The van der Waals surface area contributed by atoms with Crippen molar-refractivity contribution in [3.05, 3.63) is 28.8 Å². The topological polar surface area (TPSA) is 84.2 Å². The molecule has 0 unspecified atom stereocenters. The number of hydrogen-bond acceptors (Lipinski definition) is 3. The second-order valence-corrected chi connectivity index (χ2v) is 4.53. The largest absolute Gasteiger partial charge is 0.384 e. The van der Waals surface area contributed by atoms with Crippen LogP contribution in [0.4, 0.5) is 5.69 Å². The van der Waals surface area contributed by atoms with Gasteiger partial charge >= 0.3 is 0 Å². The molecule has 104 valence electrons. The molecule has 0 aliphatic rings. The normalized spacial score (nSPS) is 10.0.